The van der Waals surface area contributed by atoms with Crippen molar-refractivity contribution in [2.75, 3.05) is 6.61 Å². The van der Waals surface area contributed by atoms with Crippen LogP contribution in [-0.4, -0.2) is 11.6 Å². The summed E-state index contributed by atoms with van der Waals surface area (Å²) in [7, 11) is 0. The molecule has 0 fully saturated rings. The molecule has 3 heteroatoms. The number of halogens is 1. The Hall–Kier alpha value is -2.68. The minimum absolute atomic E-state index is 0.222. The summed E-state index contributed by atoms with van der Waals surface area (Å²) in [6, 6.07) is 18.5. The monoisotopic (exact) mass is 335 g/mol. The van der Waals surface area contributed by atoms with E-state index in [0.717, 1.165) is 29.7 Å². The highest BCUT2D eigenvalue weighted by Gasteiger charge is 2.05. The topological polar surface area (TPSA) is 22.1 Å². The molecule has 128 valence electrons. The molecule has 2 aromatic carbocycles. The number of pyridine rings is 1. The van der Waals surface area contributed by atoms with Gasteiger partial charge in [-0.2, -0.15) is 0 Å². The lowest BCUT2D eigenvalue weighted by Gasteiger charge is -2.13. The predicted molar refractivity (Wildman–Crippen MR) is 99.1 cm³/mol. The minimum Gasteiger partial charge on any atom is -0.493 e. The van der Waals surface area contributed by atoms with Crippen LogP contribution in [0.15, 0.2) is 73.1 Å². The molecular weight excluding hydrogens is 313 g/mol. The molecule has 0 spiro atoms. The highest BCUT2D eigenvalue weighted by Crippen LogP contribution is 2.23. The van der Waals surface area contributed by atoms with Gasteiger partial charge < -0.3 is 4.74 Å². The molecule has 0 radical (unpaired) electrons. The van der Waals surface area contributed by atoms with Crippen LogP contribution in [0.3, 0.4) is 0 Å². The van der Waals surface area contributed by atoms with Gasteiger partial charge in [-0.05, 0) is 65.8 Å². The van der Waals surface area contributed by atoms with E-state index in [1.807, 2.05) is 42.6 Å². The molecule has 25 heavy (non-hydrogen) atoms. The average Bonchev–Trinajstić information content (AvgIpc) is 2.66. The van der Waals surface area contributed by atoms with Crippen LogP contribution in [0.2, 0.25) is 0 Å². The van der Waals surface area contributed by atoms with Gasteiger partial charge >= 0.3 is 0 Å². The van der Waals surface area contributed by atoms with Gasteiger partial charge in [-0.25, -0.2) is 4.39 Å². The van der Waals surface area contributed by atoms with Gasteiger partial charge in [0.05, 0.1) is 6.61 Å². The van der Waals surface area contributed by atoms with E-state index in [4.69, 9.17) is 4.74 Å². The SMILES string of the molecule is CC(CCc1cccnc1)COc1ccc(-c2cccc(F)c2)cc1. The zero-order chi connectivity index (χ0) is 17.5. The molecule has 3 rings (SSSR count). The summed E-state index contributed by atoms with van der Waals surface area (Å²) >= 11 is 0. The Morgan fingerprint density at radius 2 is 1.84 bits per heavy atom. The van der Waals surface area contributed by atoms with Gasteiger partial charge in [0.15, 0.2) is 0 Å². The van der Waals surface area contributed by atoms with Crippen molar-refractivity contribution in [3.05, 3.63) is 84.4 Å². The summed E-state index contributed by atoms with van der Waals surface area (Å²) in [6.07, 6.45) is 5.78. The molecule has 3 aromatic rings. The van der Waals surface area contributed by atoms with Crippen LogP contribution in [0.25, 0.3) is 11.1 Å². The normalized spacial score (nSPS) is 11.9. The molecule has 2 nitrogen and oxygen atoms in total. The molecule has 1 heterocycles. The van der Waals surface area contributed by atoms with Crippen LogP contribution in [0.4, 0.5) is 4.39 Å². The Labute approximate surface area is 148 Å². The highest BCUT2D eigenvalue weighted by atomic mass is 19.1. The number of hydrogen-bond donors (Lipinski definition) is 0. The van der Waals surface area contributed by atoms with Crippen molar-refractivity contribution in [3.63, 3.8) is 0 Å². The van der Waals surface area contributed by atoms with E-state index in [1.165, 1.54) is 17.7 Å². The largest absolute Gasteiger partial charge is 0.493 e. The van der Waals surface area contributed by atoms with Crippen LogP contribution < -0.4 is 4.74 Å². The standard InChI is InChI=1S/C22H22FNO/c1-17(7-8-18-4-3-13-24-15-18)16-25-22-11-9-19(10-12-22)20-5-2-6-21(23)14-20/h2-6,9-15,17H,7-8,16H2,1H3. The van der Waals surface area contributed by atoms with E-state index in [-0.39, 0.29) is 5.82 Å². The van der Waals surface area contributed by atoms with E-state index in [0.29, 0.717) is 12.5 Å². The van der Waals surface area contributed by atoms with Gasteiger partial charge in [-0.15, -0.1) is 0 Å². The summed E-state index contributed by atoms with van der Waals surface area (Å²) in [5.41, 5.74) is 3.11. The van der Waals surface area contributed by atoms with Gasteiger partial charge in [0.25, 0.3) is 0 Å². The fourth-order valence-corrected chi connectivity index (χ4v) is 2.69. The fraction of sp³-hybridized carbons (Fsp3) is 0.227. The second-order valence-electron chi connectivity index (χ2n) is 6.35. The van der Waals surface area contributed by atoms with Crippen molar-refractivity contribution < 1.29 is 9.13 Å². The maximum Gasteiger partial charge on any atom is 0.123 e. The van der Waals surface area contributed by atoms with Crippen LogP contribution in [0, 0.1) is 11.7 Å². The molecule has 0 aliphatic rings. The van der Waals surface area contributed by atoms with E-state index in [1.54, 1.807) is 12.3 Å². The zero-order valence-electron chi connectivity index (χ0n) is 14.4. The zero-order valence-corrected chi connectivity index (χ0v) is 14.4. The van der Waals surface area contributed by atoms with E-state index < -0.39 is 0 Å². The van der Waals surface area contributed by atoms with Crippen molar-refractivity contribution in [3.8, 4) is 16.9 Å². The van der Waals surface area contributed by atoms with Gasteiger partial charge in [-0.1, -0.05) is 37.3 Å². The van der Waals surface area contributed by atoms with Crippen molar-refractivity contribution in [1.82, 2.24) is 4.98 Å². The number of aryl methyl sites for hydroxylation is 1. The van der Waals surface area contributed by atoms with Crippen LogP contribution in [0.1, 0.15) is 18.9 Å². The van der Waals surface area contributed by atoms with E-state index in [9.17, 15) is 4.39 Å². The van der Waals surface area contributed by atoms with Crippen molar-refractivity contribution in [2.24, 2.45) is 5.92 Å². The summed E-state index contributed by atoms with van der Waals surface area (Å²) < 4.78 is 19.2. The number of aromatic nitrogens is 1. The average molecular weight is 335 g/mol. The van der Waals surface area contributed by atoms with E-state index >= 15 is 0 Å². The number of rotatable bonds is 7. The first-order chi connectivity index (χ1) is 12.2. The Kier molecular flexibility index (Phi) is 5.78. The Balaban J connectivity index is 1.50. The Morgan fingerprint density at radius 1 is 1.00 bits per heavy atom. The van der Waals surface area contributed by atoms with Crippen LogP contribution in [-0.2, 0) is 6.42 Å². The summed E-state index contributed by atoms with van der Waals surface area (Å²) in [6.45, 7) is 2.87. The first-order valence-corrected chi connectivity index (χ1v) is 8.58. The molecular formula is C22H22FNO. The van der Waals surface area contributed by atoms with Gasteiger partial charge in [-0.3, -0.25) is 4.98 Å². The first kappa shape index (κ1) is 17.2. The quantitative estimate of drug-likeness (QED) is 0.566. The smallest absolute Gasteiger partial charge is 0.123 e. The summed E-state index contributed by atoms with van der Waals surface area (Å²) in [5.74, 6) is 1.08. The van der Waals surface area contributed by atoms with Crippen LogP contribution >= 0.6 is 0 Å². The Bertz CT molecular complexity index is 787. The molecule has 0 bridgehead atoms. The second-order valence-corrected chi connectivity index (χ2v) is 6.35. The highest BCUT2D eigenvalue weighted by molar-refractivity contribution is 5.64. The summed E-state index contributed by atoms with van der Waals surface area (Å²) in [4.78, 5) is 4.14. The molecule has 1 atom stereocenters. The van der Waals surface area contributed by atoms with Gasteiger partial charge in [0.1, 0.15) is 11.6 Å². The predicted octanol–water partition coefficient (Wildman–Crippen LogP) is 5.54. The minimum atomic E-state index is -0.222. The maximum absolute atomic E-state index is 13.3. The Morgan fingerprint density at radius 3 is 2.56 bits per heavy atom. The lowest BCUT2D eigenvalue weighted by Crippen LogP contribution is -2.09. The third-order valence-electron chi connectivity index (χ3n) is 4.20. The number of nitrogens with zero attached hydrogens (tertiary/aromatic N) is 1. The fourth-order valence-electron chi connectivity index (χ4n) is 2.69. The van der Waals surface area contributed by atoms with Gasteiger partial charge in [0, 0.05) is 12.4 Å². The summed E-state index contributed by atoms with van der Waals surface area (Å²) in [5, 5.41) is 0. The van der Waals surface area contributed by atoms with Crippen molar-refractivity contribution in [2.45, 2.75) is 19.8 Å². The molecule has 0 aliphatic heterocycles. The third-order valence-corrected chi connectivity index (χ3v) is 4.20. The molecule has 0 saturated carbocycles. The lowest BCUT2D eigenvalue weighted by atomic mass is 10.0. The lowest BCUT2D eigenvalue weighted by molar-refractivity contribution is 0.252. The van der Waals surface area contributed by atoms with Crippen molar-refractivity contribution in [1.29, 1.82) is 0 Å². The molecule has 0 amide bonds. The van der Waals surface area contributed by atoms with Crippen LogP contribution in [0.5, 0.6) is 5.75 Å². The number of ether oxygens (including phenoxy) is 1. The molecule has 0 N–H and O–H groups in total. The number of hydrogen-bond acceptors (Lipinski definition) is 2. The molecule has 1 unspecified atom stereocenters. The van der Waals surface area contributed by atoms with Gasteiger partial charge in [0.2, 0.25) is 0 Å². The number of benzene rings is 2. The third kappa shape index (κ3) is 5.15. The molecule has 0 saturated heterocycles. The molecule has 0 aliphatic carbocycles. The maximum atomic E-state index is 13.3. The first-order valence-electron chi connectivity index (χ1n) is 8.58. The molecule has 1 aromatic heterocycles. The van der Waals surface area contributed by atoms with E-state index in [2.05, 4.69) is 18.0 Å². The second kappa shape index (κ2) is 8.43. The van der Waals surface area contributed by atoms with Crippen molar-refractivity contribution >= 4 is 0 Å².